The minimum absolute atomic E-state index is 0.0230. The number of hydrogen-bond donors (Lipinski definition) is 0. The molecule has 0 aromatic rings. The number of hydrogen-bond acceptors (Lipinski definition) is 3. The Morgan fingerprint density at radius 2 is 0.738 bits per heavy atom. The number of esters is 1. The standard InChI is InChI=1S/C39H76O3/c1-6-10-14-18-20-22-24-26-28-32-36(5)41-37(33-29-16-12-8-3)38(34-30-17-13-9-4)42-39(40)35-31-27-25-23-21-19-15-11-7-2/h37-38H,5-35H2,1-4H3. The largest absolute Gasteiger partial charge is 0.492 e. The number of carbonyl (C=O) groups excluding carboxylic acids is 1. The first-order valence-electron chi connectivity index (χ1n) is 19.1. The average molecular weight is 593 g/mol. The molecule has 3 heteroatoms. The fourth-order valence-corrected chi connectivity index (χ4v) is 5.90. The topological polar surface area (TPSA) is 35.5 Å². The van der Waals surface area contributed by atoms with E-state index < -0.39 is 0 Å². The smallest absolute Gasteiger partial charge is 0.306 e. The van der Waals surface area contributed by atoms with Gasteiger partial charge in [0.05, 0.1) is 5.76 Å². The predicted octanol–water partition coefficient (Wildman–Crippen LogP) is 13.6. The maximum Gasteiger partial charge on any atom is 0.306 e. The van der Waals surface area contributed by atoms with Gasteiger partial charge in [-0.05, 0) is 38.5 Å². The first-order valence-corrected chi connectivity index (χ1v) is 19.1. The predicted molar refractivity (Wildman–Crippen MR) is 185 cm³/mol. The SMILES string of the molecule is C=C(CCCCCCCCCCC)OC(CCCCCC)C(CCCCCC)OC(=O)CCCCCCCCCCC. The van der Waals surface area contributed by atoms with Crippen molar-refractivity contribution in [1.29, 1.82) is 0 Å². The van der Waals surface area contributed by atoms with E-state index in [9.17, 15) is 4.79 Å². The number of rotatable bonds is 34. The fraction of sp³-hybridized carbons (Fsp3) is 0.923. The Bertz CT molecular complexity index is 522. The summed E-state index contributed by atoms with van der Waals surface area (Å²) < 4.78 is 12.8. The third-order valence-corrected chi connectivity index (χ3v) is 8.74. The normalized spacial score (nSPS) is 12.8. The molecule has 2 unspecified atom stereocenters. The van der Waals surface area contributed by atoms with Crippen LogP contribution < -0.4 is 0 Å². The summed E-state index contributed by atoms with van der Waals surface area (Å²) in [7, 11) is 0. The van der Waals surface area contributed by atoms with Crippen molar-refractivity contribution in [2.45, 2.75) is 233 Å². The number of carbonyl (C=O) groups is 1. The van der Waals surface area contributed by atoms with Gasteiger partial charge in [0.1, 0.15) is 12.2 Å². The zero-order valence-electron chi connectivity index (χ0n) is 29.3. The molecule has 0 saturated heterocycles. The molecule has 3 nitrogen and oxygen atoms in total. The summed E-state index contributed by atoms with van der Waals surface area (Å²) in [6.45, 7) is 13.4. The van der Waals surface area contributed by atoms with E-state index in [-0.39, 0.29) is 18.2 Å². The second kappa shape index (κ2) is 32.9. The second-order valence-electron chi connectivity index (χ2n) is 13.1. The lowest BCUT2D eigenvalue weighted by molar-refractivity contribution is -0.157. The Hall–Kier alpha value is -0.990. The van der Waals surface area contributed by atoms with Crippen LogP contribution in [0.5, 0.6) is 0 Å². The van der Waals surface area contributed by atoms with Gasteiger partial charge in [0.2, 0.25) is 0 Å². The first kappa shape index (κ1) is 41.0. The van der Waals surface area contributed by atoms with Crippen LogP contribution in [0.2, 0.25) is 0 Å². The lowest BCUT2D eigenvalue weighted by Gasteiger charge is -2.29. The van der Waals surface area contributed by atoms with Gasteiger partial charge >= 0.3 is 5.97 Å². The summed E-state index contributed by atoms with van der Waals surface area (Å²) in [6, 6.07) is 0. The molecule has 0 heterocycles. The van der Waals surface area contributed by atoms with Gasteiger partial charge in [0.15, 0.2) is 0 Å². The third-order valence-electron chi connectivity index (χ3n) is 8.74. The van der Waals surface area contributed by atoms with Gasteiger partial charge < -0.3 is 9.47 Å². The number of ether oxygens (including phenoxy) is 2. The maximum absolute atomic E-state index is 13.0. The van der Waals surface area contributed by atoms with Crippen LogP contribution in [0.4, 0.5) is 0 Å². The second-order valence-corrected chi connectivity index (χ2v) is 13.1. The van der Waals surface area contributed by atoms with Crippen LogP contribution in [0.25, 0.3) is 0 Å². The molecule has 0 radical (unpaired) electrons. The molecule has 0 amide bonds. The first-order chi connectivity index (χ1) is 20.6. The van der Waals surface area contributed by atoms with Crippen LogP contribution in [-0.2, 0) is 14.3 Å². The Morgan fingerprint density at radius 3 is 1.14 bits per heavy atom. The van der Waals surface area contributed by atoms with Gasteiger partial charge in [0.25, 0.3) is 0 Å². The molecule has 250 valence electrons. The highest BCUT2D eigenvalue weighted by Crippen LogP contribution is 2.24. The molecule has 2 atom stereocenters. The number of allylic oxidation sites excluding steroid dienone is 1. The van der Waals surface area contributed by atoms with Crippen LogP contribution in [0, 0.1) is 0 Å². The summed E-state index contributed by atoms with van der Waals surface area (Å²) in [5.41, 5.74) is 0. The molecule has 0 saturated carbocycles. The fourth-order valence-electron chi connectivity index (χ4n) is 5.90. The zero-order chi connectivity index (χ0) is 30.9. The van der Waals surface area contributed by atoms with Crippen molar-refractivity contribution in [2.24, 2.45) is 0 Å². The van der Waals surface area contributed by atoms with Crippen molar-refractivity contribution in [3.8, 4) is 0 Å². The van der Waals surface area contributed by atoms with E-state index in [1.54, 1.807) is 0 Å². The van der Waals surface area contributed by atoms with E-state index in [0.717, 1.165) is 57.1 Å². The molecule has 0 rings (SSSR count). The lowest BCUT2D eigenvalue weighted by atomic mass is 9.99. The molecule has 0 fully saturated rings. The molecule has 0 aliphatic rings. The van der Waals surface area contributed by atoms with Crippen molar-refractivity contribution in [3.63, 3.8) is 0 Å². The van der Waals surface area contributed by atoms with E-state index >= 15 is 0 Å². The monoisotopic (exact) mass is 593 g/mol. The van der Waals surface area contributed by atoms with Crippen LogP contribution in [0.3, 0.4) is 0 Å². The summed E-state index contributed by atoms with van der Waals surface area (Å²) in [4.78, 5) is 13.0. The van der Waals surface area contributed by atoms with Crippen molar-refractivity contribution < 1.29 is 14.3 Å². The van der Waals surface area contributed by atoms with Gasteiger partial charge in [0, 0.05) is 12.8 Å². The van der Waals surface area contributed by atoms with Crippen molar-refractivity contribution >= 4 is 5.97 Å². The minimum Gasteiger partial charge on any atom is -0.492 e. The van der Waals surface area contributed by atoms with Gasteiger partial charge in [-0.15, -0.1) is 0 Å². The molecule has 42 heavy (non-hydrogen) atoms. The quantitative estimate of drug-likeness (QED) is 0.0423. The van der Waals surface area contributed by atoms with E-state index in [1.165, 1.54) is 135 Å². The maximum atomic E-state index is 13.0. The average Bonchev–Trinajstić information content (AvgIpc) is 2.98. The van der Waals surface area contributed by atoms with Gasteiger partial charge in [-0.1, -0.05) is 176 Å². The highest BCUT2D eigenvalue weighted by Gasteiger charge is 2.27. The van der Waals surface area contributed by atoms with Crippen LogP contribution in [0.1, 0.15) is 220 Å². The molecule has 0 N–H and O–H groups in total. The Kier molecular flexibility index (Phi) is 32.1. The molecule has 0 bridgehead atoms. The zero-order valence-corrected chi connectivity index (χ0v) is 29.3. The van der Waals surface area contributed by atoms with E-state index in [2.05, 4.69) is 34.3 Å². The van der Waals surface area contributed by atoms with E-state index in [0.29, 0.717) is 6.42 Å². The summed E-state index contributed by atoms with van der Waals surface area (Å²) in [6.07, 6.45) is 36.0. The Balaban J connectivity index is 4.76. The molecule has 0 aliphatic carbocycles. The van der Waals surface area contributed by atoms with Crippen molar-refractivity contribution in [3.05, 3.63) is 12.3 Å². The van der Waals surface area contributed by atoms with Crippen molar-refractivity contribution in [2.75, 3.05) is 0 Å². The van der Waals surface area contributed by atoms with Crippen molar-refractivity contribution in [1.82, 2.24) is 0 Å². The highest BCUT2D eigenvalue weighted by atomic mass is 16.6. The van der Waals surface area contributed by atoms with Gasteiger partial charge in [-0.2, -0.15) is 0 Å². The van der Waals surface area contributed by atoms with Gasteiger partial charge in [-0.3, -0.25) is 4.79 Å². The molecule has 0 aliphatic heterocycles. The highest BCUT2D eigenvalue weighted by molar-refractivity contribution is 5.69. The van der Waals surface area contributed by atoms with E-state index in [1.807, 2.05) is 0 Å². The summed E-state index contributed by atoms with van der Waals surface area (Å²) >= 11 is 0. The Labute approximate surface area is 264 Å². The lowest BCUT2D eigenvalue weighted by Crippen LogP contribution is -2.33. The molecular formula is C39H76O3. The van der Waals surface area contributed by atoms with Crippen LogP contribution >= 0.6 is 0 Å². The Morgan fingerprint density at radius 1 is 0.429 bits per heavy atom. The summed E-state index contributed by atoms with van der Waals surface area (Å²) in [5, 5.41) is 0. The molecule has 0 aromatic carbocycles. The molecular weight excluding hydrogens is 516 g/mol. The minimum atomic E-state index is -0.144. The van der Waals surface area contributed by atoms with Crippen LogP contribution in [-0.4, -0.2) is 18.2 Å². The van der Waals surface area contributed by atoms with E-state index in [4.69, 9.17) is 9.47 Å². The third kappa shape index (κ3) is 27.8. The number of unbranched alkanes of at least 4 members (excludes halogenated alkanes) is 22. The molecule has 0 aromatic heterocycles. The summed E-state index contributed by atoms with van der Waals surface area (Å²) in [5.74, 6) is 0.872. The van der Waals surface area contributed by atoms with Crippen LogP contribution in [0.15, 0.2) is 12.3 Å². The van der Waals surface area contributed by atoms with Gasteiger partial charge in [-0.25, -0.2) is 0 Å². The molecule has 0 spiro atoms.